The Morgan fingerprint density at radius 1 is 1.31 bits per heavy atom. The molecule has 0 spiro atoms. The van der Waals surface area contributed by atoms with E-state index in [4.69, 9.17) is 4.74 Å². The van der Waals surface area contributed by atoms with Crippen LogP contribution in [0.25, 0.3) is 10.1 Å². The van der Waals surface area contributed by atoms with E-state index in [1.54, 1.807) is 7.11 Å². The molecule has 2 aromatic rings. The molecule has 3 nitrogen and oxygen atoms in total. The fourth-order valence-electron chi connectivity index (χ4n) is 1.66. The predicted molar refractivity (Wildman–Crippen MR) is 66.2 cm³/mol. The molecule has 16 heavy (non-hydrogen) atoms. The third-order valence-electron chi connectivity index (χ3n) is 2.44. The van der Waals surface area contributed by atoms with Crippen LogP contribution in [0.15, 0.2) is 22.4 Å². The predicted octanol–water partition coefficient (Wildman–Crippen LogP) is 2.62. The van der Waals surface area contributed by atoms with E-state index < -0.39 is 9.84 Å². The largest absolute Gasteiger partial charge is 0.497 e. The number of methoxy groups -OCH3 is 1. The van der Waals surface area contributed by atoms with Crippen LogP contribution in [0.2, 0.25) is 0 Å². The summed E-state index contributed by atoms with van der Waals surface area (Å²) in [5, 5.41) is 0.949. The van der Waals surface area contributed by atoms with Crippen molar-refractivity contribution in [1.82, 2.24) is 0 Å². The summed E-state index contributed by atoms with van der Waals surface area (Å²) in [5.41, 5.74) is 0.807. The topological polar surface area (TPSA) is 43.4 Å². The van der Waals surface area contributed by atoms with Crippen LogP contribution >= 0.6 is 11.3 Å². The van der Waals surface area contributed by atoms with Crippen LogP contribution in [-0.4, -0.2) is 21.8 Å². The maximum Gasteiger partial charge on any atom is 0.185 e. The van der Waals surface area contributed by atoms with E-state index in [2.05, 4.69) is 0 Å². The maximum absolute atomic E-state index is 11.6. The van der Waals surface area contributed by atoms with Gasteiger partial charge >= 0.3 is 0 Å². The molecular weight excluding hydrogens is 244 g/mol. The standard InChI is InChI=1S/C11H12O3S2/c1-7-9-6-8(14-2)4-5-10(9)15-11(7)16(3,12)13/h4-6H,1-3H3. The van der Waals surface area contributed by atoms with Gasteiger partial charge in [0.25, 0.3) is 0 Å². The van der Waals surface area contributed by atoms with Gasteiger partial charge in [-0.1, -0.05) is 0 Å². The van der Waals surface area contributed by atoms with E-state index in [0.717, 1.165) is 21.4 Å². The second-order valence-electron chi connectivity index (χ2n) is 3.65. The zero-order chi connectivity index (χ0) is 11.9. The van der Waals surface area contributed by atoms with Gasteiger partial charge in [-0.3, -0.25) is 0 Å². The average Bonchev–Trinajstić information content (AvgIpc) is 2.55. The van der Waals surface area contributed by atoms with Gasteiger partial charge in [0.05, 0.1) is 7.11 Å². The van der Waals surface area contributed by atoms with E-state index in [1.165, 1.54) is 17.6 Å². The Kier molecular flexibility index (Phi) is 2.67. The van der Waals surface area contributed by atoms with Gasteiger partial charge in [-0.2, -0.15) is 0 Å². The number of aryl methyl sites for hydroxylation is 1. The molecule has 0 fully saturated rings. The molecule has 0 atom stereocenters. The highest BCUT2D eigenvalue weighted by molar-refractivity contribution is 7.93. The minimum absolute atomic E-state index is 0.441. The average molecular weight is 256 g/mol. The number of hydrogen-bond donors (Lipinski definition) is 0. The molecule has 1 heterocycles. The summed E-state index contributed by atoms with van der Waals surface area (Å²) in [5.74, 6) is 0.744. The maximum atomic E-state index is 11.6. The lowest BCUT2D eigenvalue weighted by Gasteiger charge is -1.99. The van der Waals surface area contributed by atoms with Crippen molar-refractivity contribution in [3.63, 3.8) is 0 Å². The van der Waals surface area contributed by atoms with Gasteiger partial charge < -0.3 is 4.74 Å². The van der Waals surface area contributed by atoms with Crippen LogP contribution in [-0.2, 0) is 9.84 Å². The van der Waals surface area contributed by atoms with Crippen molar-refractivity contribution >= 4 is 31.3 Å². The van der Waals surface area contributed by atoms with E-state index in [1.807, 2.05) is 25.1 Å². The summed E-state index contributed by atoms with van der Waals surface area (Å²) in [6, 6.07) is 5.60. The van der Waals surface area contributed by atoms with Crippen molar-refractivity contribution in [2.24, 2.45) is 0 Å². The van der Waals surface area contributed by atoms with Gasteiger partial charge in [0.2, 0.25) is 0 Å². The first kappa shape index (κ1) is 11.4. The molecule has 0 saturated carbocycles. The van der Waals surface area contributed by atoms with E-state index in [0.29, 0.717) is 4.21 Å². The fourth-order valence-corrected chi connectivity index (χ4v) is 4.12. The normalized spacial score (nSPS) is 11.9. The molecule has 0 aliphatic heterocycles. The molecule has 0 saturated heterocycles. The fraction of sp³-hybridized carbons (Fsp3) is 0.273. The number of hydrogen-bond acceptors (Lipinski definition) is 4. The number of sulfone groups is 1. The van der Waals surface area contributed by atoms with Crippen LogP contribution < -0.4 is 4.74 Å². The smallest absolute Gasteiger partial charge is 0.185 e. The molecule has 86 valence electrons. The Morgan fingerprint density at radius 2 is 2.00 bits per heavy atom. The Hall–Kier alpha value is -1.07. The van der Waals surface area contributed by atoms with E-state index >= 15 is 0 Å². The second kappa shape index (κ2) is 3.75. The highest BCUT2D eigenvalue weighted by atomic mass is 32.2. The molecule has 0 aliphatic carbocycles. The van der Waals surface area contributed by atoms with Crippen LogP contribution in [0.3, 0.4) is 0 Å². The highest BCUT2D eigenvalue weighted by Crippen LogP contribution is 2.35. The molecule has 2 rings (SSSR count). The number of rotatable bonds is 2. The Balaban J connectivity index is 2.79. The van der Waals surface area contributed by atoms with Gasteiger partial charge in [-0.15, -0.1) is 11.3 Å². The number of ether oxygens (including phenoxy) is 1. The Labute approximate surface area is 98.6 Å². The lowest BCUT2D eigenvalue weighted by Crippen LogP contribution is -1.95. The lowest BCUT2D eigenvalue weighted by atomic mass is 10.2. The highest BCUT2D eigenvalue weighted by Gasteiger charge is 2.17. The van der Waals surface area contributed by atoms with Crippen LogP contribution in [0.1, 0.15) is 5.56 Å². The molecule has 0 N–H and O–H groups in total. The summed E-state index contributed by atoms with van der Waals surface area (Å²) in [7, 11) is -1.54. The molecule has 0 unspecified atom stereocenters. The molecule has 1 aromatic carbocycles. The van der Waals surface area contributed by atoms with Crippen molar-refractivity contribution < 1.29 is 13.2 Å². The second-order valence-corrected chi connectivity index (χ2v) is 6.91. The summed E-state index contributed by atoms with van der Waals surface area (Å²) in [4.78, 5) is 0. The Bertz CT molecular complexity index is 639. The van der Waals surface area contributed by atoms with Crippen LogP contribution in [0.5, 0.6) is 5.75 Å². The molecule has 0 bridgehead atoms. The zero-order valence-electron chi connectivity index (χ0n) is 9.27. The molecule has 0 aliphatic rings. The Morgan fingerprint density at radius 3 is 2.56 bits per heavy atom. The van der Waals surface area contributed by atoms with Gasteiger partial charge in [0.1, 0.15) is 9.96 Å². The first-order chi connectivity index (χ1) is 7.43. The minimum atomic E-state index is -3.14. The third-order valence-corrected chi connectivity index (χ3v) is 5.64. The quantitative estimate of drug-likeness (QED) is 0.829. The van der Waals surface area contributed by atoms with Crippen molar-refractivity contribution in [2.75, 3.05) is 13.4 Å². The van der Waals surface area contributed by atoms with Crippen LogP contribution in [0, 0.1) is 6.92 Å². The molecule has 5 heteroatoms. The van der Waals surface area contributed by atoms with Crippen molar-refractivity contribution in [2.45, 2.75) is 11.1 Å². The van der Waals surface area contributed by atoms with Gasteiger partial charge in [-0.05, 0) is 30.7 Å². The monoisotopic (exact) mass is 256 g/mol. The van der Waals surface area contributed by atoms with E-state index in [-0.39, 0.29) is 0 Å². The summed E-state index contributed by atoms with van der Waals surface area (Å²) >= 11 is 1.31. The van der Waals surface area contributed by atoms with Gasteiger partial charge in [-0.25, -0.2) is 8.42 Å². The van der Waals surface area contributed by atoms with Gasteiger partial charge in [0, 0.05) is 16.3 Å². The SMILES string of the molecule is COc1ccc2sc(S(C)(=O)=O)c(C)c2c1. The van der Waals surface area contributed by atoms with Crippen molar-refractivity contribution in [3.05, 3.63) is 23.8 Å². The van der Waals surface area contributed by atoms with Crippen molar-refractivity contribution in [1.29, 1.82) is 0 Å². The molecule has 0 amide bonds. The summed E-state index contributed by atoms with van der Waals surface area (Å²) in [6.45, 7) is 1.83. The third kappa shape index (κ3) is 1.81. The van der Waals surface area contributed by atoms with Crippen molar-refractivity contribution in [3.8, 4) is 5.75 Å². The zero-order valence-corrected chi connectivity index (χ0v) is 10.9. The lowest BCUT2D eigenvalue weighted by molar-refractivity contribution is 0.415. The molecular formula is C11H12O3S2. The molecule has 1 aromatic heterocycles. The number of benzene rings is 1. The first-order valence-corrected chi connectivity index (χ1v) is 7.41. The minimum Gasteiger partial charge on any atom is -0.497 e. The van der Waals surface area contributed by atoms with E-state index in [9.17, 15) is 8.42 Å². The summed E-state index contributed by atoms with van der Waals surface area (Å²) in [6.07, 6.45) is 1.24. The number of thiophene rings is 1. The van der Waals surface area contributed by atoms with Crippen LogP contribution in [0.4, 0.5) is 0 Å². The summed E-state index contributed by atoms with van der Waals surface area (Å²) < 4.78 is 29.7. The first-order valence-electron chi connectivity index (χ1n) is 4.70. The van der Waals surface area contributed by atoms with Gasteiger partial charge in [0.15, 0.2) is 9.84 Å². The molecule has 0 radical (unpaired) electrons. The number of fused-ring (bicyclic) bond motifs is 1.